The lowest BCUT2D eigenvalue weighted by Crippen LogP contribution is -2.29. The molecule has 0 aromatic heterocycles. The van der Waals surface area contributed by atoms with Gasteiger partial charge >= 0.3 is 0 Å². The van der Waals surface area contributed by atoms with E-state index in [0.717, 1.165) is 0 Å². The smallest absolute Gasteiger partial charge is 0.00462 e. The van der Waals surface area contributed by atoms with Crippen molar-refractivity contribution in [3.63, 3.8) is 0 Å². The van der Waals surface area contributed by atoms with E-state index < -0.39 is 0 Å². The molecule has 1 rings (SSSR count). The SMILES string of the molecule is CCC1(CC)CCC(C)(C)C1=S. The van der Waals surface area contributed by atoms with Crippen LogP contribution >= 0.6 is 12.2 Å². The van der Waals surface area contributed by atoms with E-state index in [0.29, 0.717) is 10.8 Å². The molecule has 0 amide bonds. The van der Waals surface area contributed by atoms with E-state index in [4.69, 9.17) is 12.2 Å². The van der Waals surface area contributed by atoms with Crippen LogP contribution in [0.25, 0.3) is 0 Å². The second kappa shape index (κ2) is 3.10. The van der Waals surface area contributed by atoms with E-state index in [1.807, 2.05) is 0 Å². The summed E-state index contributed by atoms with van der Waals surface area (Å²) in [7, 11) is 0. The average molecular weight is 184 g/mol. The van der Waals surface area contributed by atoms with Gasteiger partial charge in [-0.2, -0.15) is 0 Å². The Labute approximate surface area is 81.7 Å². The van der Waals surface area contributed by atoms with Crippen molar-refractivity contribution in [3.05, 3.63) is 0 Å². The molecule has 0 aliphatic heterocycles. The third-order valence-corrected chi connectivity index (χ3v) is 4.66. The summed E-state index contributed by atoms with van der Waals surface area (Å²) in [5, 5.41) is 0. The fourth-order valence-corrected chi connectivity index (χ4v) is 2.91. The molecule has 0 heterocycles. The van der Waals surface area contributed by atoms with Crippen LogP contribution in [0, 0.1) is 10.8 Å². The second-order valence-electron chi connectivity index (χ2n) is 4.70. The minimum Gasteiger partial charge on any atom is -0.0885 e. The van der Waals surface area contributed by atoms with Crippen molar-refractivity contribution in [3.8, 4) is 0 Å². The highest BCUT2D eigenvalue weighted by Gasteiger charge is 2.45. The fraction of sp³-hybridized carbons (Fsp3) is 0.909. The molecule has 1 aliphatic carbocycles. The molecule has 12 heavy (non-hydrogen) atoms. The molecule has 0 bridgehead atoms. The third kappa shape index (κ3) is 1.32. The van der Waals surface area contributed by atoms with E-state index in [1.165, 1.54) is 30.5 Å². The van der Waals surface area contributed by atoms with Gasteiger partial charge in [-0.3, -0.25) is 0 Å². The summed E-state index contributed by atoms with van der Waals surface area (Å²) in [6.45, 7) is 9.14. The summed E-state index contributed by atoms with van der Waals surface area (Å²) < 4.78 is 0. The minimum atomic E-state index is 0.321. The Morgan fingerprint density at radius 3 is 1.83 bits per heavy atom. The van der Waals surface area contributed by atoms with Crippen LogP contribution in [-0.2, 0) is 0 Å². The van der Waals surface area contributed by atoms with Crippen molar-refractivity contribution < 1.29 is 0 Å². The Bertz CT molecular complexity index is 187. The van der Waals surface area contributed by atoms with Crippen LogP contribution < -0.4 is 0 Å². The predicted octanol–water partition coefficient (Wildman–Crippen LogP) is 3.98. The first-order valence-corrected chi connectivity index (χ1v) is 5.44. The van der Waals surface area contributed by atoms with Crippen molar-refractivity contribution in [1.29, 1.82) is 0 Å². The van der Waals surface area contributed by atoms with E-state index in [2.05, 4.69) is 27.7 Å². The van der Waals surface area contributed by atoms with Gasteiger partial charge in [0, 0.05) is 10.3 Å². The Kier molecular flexibility index (Phi) is 2.63. The van der Waals surface area contributed by atoms with E-state index >= 15 is 0 Å². The summed E-state index contributed by atoms with van der Waals surface area (Å²) in [6, 6.07) is 0. The lowest BCUT2D eigenvalue weighted by molar-refractivity contribution is 0.382. The molecule has 1 fully saturated rings. The maximum atomic E-state index is 5.59. The number of hydrogen-bond acceptors (Lipinski definition) is 1. The monoisotopic (exact) mass is 184 g/mol. The van der Waals surface area contributed by atoms with Gasteiger partial charge in [-0.15, -0.1) is 0 Å². The van der Waals surface area contributed by atoms with E-state index in [9.17, 15) is 0 Å². The maximum Gasteiger partial charge on any atom is 0.00462 e. The zero-order valence-electron chi connectivity index (χ0n) is 8.74. The number of rotatable bonds is 2. The highest BCUT2D eigenvalue weighted by molar-refractivity contribution is 7.80. The molecule has 0 unspecified atom stereocenters. The molecule has 0 saturated heterocycles. The Hall–Kier alpha value is 0.0900. The first-order chi connectivity index (χ1) is 5.48. The quantitative estimate of drug-likeness (QED) is 0.585. The lowest BCUT2D eigenvalue weighted by Gasteiger charge is -2.29. The van der Waals surface area contributed by atoms with Gasteiger partial charge in [-0.25, -0.2) is 0 Å². The van der Waals surface area contributed by atoms with Crippen LogP contribution in [-0.4, -0.2) is 4.86 Å². The molecular weight excluding hydrogens is 164 g/mol. The van der Waals surface area contributed by atoms with Crippen molar-refractivity contribution in [2.75, 3.05) is 0 Å². The van der Waals surface area contributed by atoms with Crippen LogP contribution in [0.3, 0.4) is 0 Å². The van der Waals surface area contributed by atoms with Gasteiger partial charge < -0.3 is 0 Å². The lowest BCUT2D eigenvalue weighted by atomic mass is 9.77. The minimum absolute atomic E-state index is 0.321. The van der Waals surface area contributed by atoms with Gasteiger partial charge in [0.25, 0.3) is 0 Å². The number of hydrogen-bond donors (Lipinski definition) is 0. The van der Waals surface area contributed by atoms with E-state index in [-0.39, 0.29) is 0 Å². The van der Waals surface area contributed by atoms with Crippen LogP contribution in [0.2, 0.25) is 0 Å². The molecule has 0 aromatic carbocycles. The highest BCUT2D eigenvalue weighted by Crippen LogP contribution is 2.50. The zero-order valence-corrected chi connectivity index (χ0v) is 9.55. The number of thiocarbonyl (C=S) groups is 1. The molecule has 0 nitrogen and oxygen atoms in total. The second-order valence-corrected chi connectivity index (χ2v) is 5.11. The molecule has 0 aromatic rings. The van der Waals surface area contributed by atoms with Gasteiger partial charge in [0.1, 0.15) is 0 Å². The predicted molar refractivity (Wildman–Crippen MR) is 58.6 cm³/mol. The Morgan fingerprint density at radius 1 is 1.17 bits per heavy atom. The van der Waals surface area contributed by atoms with Crippen LogP contribution in [0.5, 0.6) is 0 Å². The van der Waals surface area contributed by atoms with Gasteiger partial charge in [0.15, 0.2) is 0 Å². The van der Waals surface area contributed by atoms with Crippen molar-refractivity contribution in [2.24, 2.45) is 10.8 Å². The van der Waals surface area contributed by atoms with Crippen molar-refractivity contribution >= 4 is 17.1 Å². The van der Waals surface area contributed by atoms with Crippen LogP contribution in [0.4, 0.5) is 0 Å². The highest BCUT2D eigenvalue weighted by atomic mass is 32.1. The molecule has 0 atom stereocenters. The average Bonchev–Trinajstić information content (AvgIpc) is 2.27. The first-order valence-electron chi connectivity index (χ1n) is 5.03. The van der Waals surface area contributed by atoms with Crippen molar-refractivity contribution in [1.82, 2.24) is 0 Å². The normalized spacial score (nSPS) is 26.2. The molecule has 70 valence electrons. The molecule has 1 heteroatoms. The summed E-state index contributed by atoms with van der Waals surface area (Å²) in [5.74, 6) is 0. The fourth-order valence-electron chi connectivity index (χ4n) is 2.42. The van der Waals surface area contributed by atoms with Gasteiger partial charge in [-0.05, 0) is 31.1 Å². The standard InChI is InChI=1S/C11H20S/c1-5-11(6-2)8-7-10(3,4)9(11)12/h5-8H2,1-4H3. The van der Waals surface area contributed by atoms with Crippen LogP contribution in [0.1, 0.15) is 53.4 Å². The Balaban J connectivity index is 2.91. The molecule has 0 radical (unpaired) electrons. The van der Waals surface area contributed by atoms with Gasteiger partial charge in [0.2, 0.25) is 0 Å². The summed E-state index contributed by atoms with van der Waals surface area (Å²) in [5.41, 5.74) is 0.722. The zero-order chi connectivity index (χ0) is 9.41. The summed E-state index contributed by atoms with van der Waals surface area (Å²) >= 11 is 5.59. The maximum absolute atomic E-state index is 5.59. The summed E-state index contributed by atoms with van der Waals surface area (Å²) in [4.78, 5) is 1.33. The van der Waals surface area contributed by atoms with Crippen LogP contribution in [0.15, 0.2) is 0 Å². The first kappa shape index (κ1) is 10.2. The Morgan fingerprint density at radius 2 is 1.67 bits per heavy atom. The van der Waals surface area contributed by atoms with Crippen molar-refractivity contribution in [2.45, 2.75) is 53.4 Å². The molecule has 0 N–H and O–H groups in total. The molecule has 1 aliphatic rings. The summed E-state index contributed by atoms with van der Waals surface area (Å²) in [6.07, 6.45) is 5.05. The van der Waals surface area contributed by atoms with E-state index in [1.54, 1.807) is 0 Å². The topological polar surface area (TPSA) is 0 Å². The third-order valence-electron chi connectivity index (χ3n) is 3.68. The van der Waals surface area contributed by atoms with Gasteiger partial charge in [-0.1, -0.05) is 39.9 Å². The largest absolute Gasteiger partial charge is 0.0885 e. The molecular formula is C11H20S. The van der Waals surface area contributed by atoms with Gasteiger partial charge in [0.05, 0.1) is 0 Å². The molecule has 1 saturated carbocycles. The molecule has 0 spiro atoms.